The number of thioether (sulfide) groups is 1. The van der Waals surface area contributed by atoms with Crippen molar-refractivity contribution in [1.82, 2.24) is 0 Å². The number of aliphatic hydroxyl groups is 1. The second-order valence-electron chi connectivity index (χ2n) is 3.90. The van der Waals surface area contributed by atoms with E-state index in [1.807, 2.05) is 0 Å². The van der Waals surface area contributed by atoms with E-state index in [0.29, 0.717) is 10.6 Å². The molecule has 0 aromatic heterocycles. The zero-order chi connectivity index (χ0) is 11.5. The molecule has 1 aromatic carbocycles. The third-order valence-corrected chi connectivity index (χ3v) is 3.22. The van der Waals surface area contributed by atoms with Crippen LogP contribution < -0.4 is 0 Å². The summed E-state index contributed by atoms with van der Waals surface area (Å²) in [5.74, 6) is -0.467. The first kappa shape index (κ1) is 12.1. The second kappa shape index (κ2) is 4.68. The Kier molecular flexibility index (Phi) is 3.77. The Balaban J connectivity index is 2.81. The molecule has 0 aliphatic rings. The Hall–Kier alpha value is -1.00. The summed E-state index contributed by atoms with van der Waals surface area (Å²) in [6.45, 7) is 3.40. The summed E-state index contributed by atoms with van der Waals surface area (Å²) in [6, 6.07) is 6.80. The Bertz CT molecular complexity index is 355. The van der Waals surface area contributed by atoms with Gasteiger partial charge in [-0.3, -0.25) is 0 Å². The summed E-state index contributed by atoms with van der Waals surface area (Å²) >= 11 is 1.35. The van der Waals surface area contributed by atoms with Gasteiger partial charge in [-0.25, -0.2) is 4.79 Å². The molecule has 0 aliphatic carbocycles. The molecule has 1 rings (SSSR count). The van der Waals surface area contributed by atoms with E-state index in [1.54, 1.807) is 38.1 Å². The predicted molar refractivity (Wildman–Crippen MR) is 60.4 cm³/mol. The number of benzene rings is 1. The quantitative estimate of drug-likeness (QED) is 0.773. The first-order valence-electron chi connectivity index (χ1n) is 4.58. The van der Waals surface area contributed by atoms with Gasteiger partial charge in [0.1, 0.15) is 0 Å². The molecule has 0 aliphatic heterocycles. The zero-order valence-electron chi connectivity index (χ0n) is 8.73. The highest BCUT2D eigenvalue weighted by atomic mass is 32.2. The van der Waals surface area contributed by atoms with Crippen LogP contribution in [0.25, 0.3) is 0 Å². The maximum absolute atomic E-state index is 10.9. The minimum atomic E-state index is -0.936. The molecular formula is C11H14O3S. The lowest BCUT2D eigenvalue weighted by Crippen LogP contribution is -2.21. The molecule has 3 nitrogen and oxygen atoms in total. The molecule has 2 N–H and O–H groups in total. The summed E-state index contributed by atoms with van der Waals surface area (Å²) in [5, 5.41) is 18.5. The molecule has 15 heavy (non-hydrogen) atoms. The average molecular weight is 226 g/mol. The molecule has 0 spiro atoms. The van der Waals surface area contributed by atoms with Gasteiger partial charge in [-0.05, 0) is 26.0 Å². The van der Waals surface area contributed by atoms with Crippen LogP contribution in [0.1, 0.15) is 24.2 Å². The van der Waals surface area contributed by atoms with Gasteiger partial charge in [-0.15, -0.1) is 11.8 Å². The van der Waals surface area contributed by atoms with E-state index >= 15 is 0 Å². The lowest BCUT2D eigenvalue weighted by Gasteiger charge is -2.16. The molecule has 0 heterocycles. The zero-order valence-corrected chi connectivity index (χ0v) is 9.54. The van der Waals surface area contributed by atoms with Crippen LogP contribution in [0, 0.1) is 0 Å². The van der Waals surface area contributed by atoms with Crippen molar-refractivity contribution in [2.45, 2.75) is 24.3 Å². The topological polar surface area (TPSA) is 57.5 Å². The smallest absolute Gasteiger partial charge is 0.336 e. The van der Waals surface area contributed by atoms with Crippen molar-refractivity contribution in [3.63, 3.8) is 0 Å². The monoisotopic (exact) mass is 226 g/mol. The van der Waals surface area contributed by atoms with E-state index in [9.17, 15) is 9.90 Å². The van der Waals surface area contributed by atoms with Gasteiger partial charge >= 0.3 is 5.97 Å². The normalized spacial score (nSPS) is 11.4. The summed E-state index contributed by atoms with van der Waals surface area (Å²) in [7, 11) is 0. The molecule has 0 unspecified atom stereocenters. The van der Waals surface area contributed by atoms with Crippen molar-refractivity contribution in [2.24, 2.45) is 0 Å². The molecular weight excluding hydrogens is 212 g/mol. The molecule has 4 heteroatoms. The van der Waals surface area contributed by atoms with E-state index in [0.717, 1.165) is 0 Å². The van der Waals surface area contributed by atoms with E-state index in [2.05, 4.69) is 0 Å². The maximum atomic E-state index is 10.9. The highest BCUT2D eigenvalue weighted by Gasteiger charge is 2.15. The number of hydrogen-bond acceptors (Lipinski definition) is 3. The Morgan fingerprint density at radius 1 is 1.40 bits per heavy atom. The SMILES string of the molecule is CC(C)(O)CSc1ccccc1C(=O)O. The molecule has 0 atom stereocenters. The van der Waals surface area contributed by atoms with Crippen molar-refractivity contribution in [3.8, 4) is 0 Å². The van der Waals surface area contributed by atoms with Crippen molar-refractivity contribution in [2.75, 3.05) is 5.75 Å². The van der Waals surface area contributed by atoms with Crippen LogP contribution in [0.15, 0.2) is 29.2 Å². The first-order valence-corrected chi connectivity index (χ1v) is 5.56. The van der Waals surface area contributed by atoms with Gasteiger partial charge in [-0.2, -0.15) is 0 Å². The summed E-state index contributed by atoms with van der Waals surface area (Å²) in [6.07, 6.45) is 0. The van der Waals surface area contributed by atoms with Crippen LogP contribution in [0.5, 0.6) is 0 Å². The number of carboxylic acids is 1. The van der Waals surface area contributed by atoms with Crippen molar-refractivity contribution in [3.05, 3.63) is 29.8 Å². The molecule has 0 radical (unpaired) electrons. The van der Waals surface area contributed by atoms with Crippen molar-refractivity contribution < 1.29 is 15.0 Å². The fraction of sp³-hybridized carbons (Fsp3) is 0.364. The highest BCUT2D eigenvalue weighted by Crippen LogP contribution is 2.25. The van der Waals surface area contributed by atoms with Crippen LogP contribution in [0.3, 0.4) is 0 Å². The maximum Gasteiger partial charge on any atom is 0.336 e. The largest absolute Gasteiger partial charge is 0.478 e. The van der Waals surface area contributed by atoms with Crippen molar-refractivity contribution >= 4 is 17.7 Å². The van der Waals surface area contributed by atoms with Crippen molar-refractivity contribution in [1.29, 1.82) is 0 Å². The number of hydrogen-bond donors (Lipinski definition) is 2. The van der Waals surface area contributed by atoms with Crippen LogP contribution in [-0.4, -0.2) is 27.5 Å². The molecule has 82 valence electrons. The van der Waals surface area contributed by atoms with Gasteiger partial charge < -0.3 is 10.2 Å². The second-order valence-corrected chi connectivity index (χ2v) is 4.92. The third-order valence-electron chi connectivity index (χ3n) is 1.70. The Labute approximate surface area is 93.1 Å². The summed E-state index contributed by atoms with van der Waals surface area (Å²) in [5.41, 5.74) is -0.511. The van der Waals surface area contributed by atoms with Crippen LogP contribution in [-0.2, 0) is 0 Å². The third kappa shape index (κ3) is 3.93. The molecule has 0 saturated carbocycles. The van der Waals surface area contributed by atoms with Gasteiger partial charge in [-0.1, -0.05) is 12.1 Å². The van der Waals surface area contributed by atoms with Gasteiger partial charge in [0.05, 0.1) is 11.2 Å². The Morgan fingerprint density at radius 2 is 2.00 bits per heavy atom. The number of aromatic carboxylic acids is 1. The van der Waals surface area contributed by atoms with E-state index in [1.165, 1.54) is 11.8 Å². The van der Waals surface area contributed by atoms with Gasteiger partial charge in [0, 0.05) is 10.6 Å². The highest BCUT2D eigenvalue weighted by molar-refractivity contribution is 7.99. The lowest BCUT2D eigenvalue weighted by atomic mass is 10.2. The van der Waals surface area contributed by atoms with E-state index in [-0.39, 0.29) is 5.56 Å². The first-order chi connectivity index (χ1) is 6.90. The summed E-state index contributed by atoms with van der Waals surface area (Å²) in [4.78, 5) is 11.6. The fourth-order valence-electron chi connectivity index (χ4n) is 1.02. The van der Waals surface area contributed by atoms with Gasteiger partial charge in [0.25, 0.3) is 0 Å². The number of carboxylic acid groups (broad SMARTS) is 1. The van der Waals surface area contributed by atoms with E-state index in [4.69, 9.17) is 5.11 Å². The summed E-state index contributed by atoms with van der Waals surface area (Å²) < 4.78 is 0. The molecule has 0 amide bonds. The Morgan fingerprint density at radius 3 is 2.53 bits per heavy atom. The standard InChI is InChI=1S/C11H14O3S/c1-11(2,14)7-15-9-6-4-3-5-8(9)10(12)13/h3-6,14H,7H2,1-2H3,(H,12,13). The molecule has 0 bridgehead atoms. The van der Waals surface area contributed by atoms with Crippen LogP contribution >= 0.6 is 11.8 Å². The van der Waals surface area contributed by atoms with Crippen LogP contribution in [0.4, 0.5) is 0 Å². The number of rotatable bonds is 4. The van der Waals surface area contributed by atoms with Gasteiger partial charge in [0.15, 0.2) is 0 Å². The predicted octanol–water partition coefficient (Wildman–Crippen LogP) is 2.25. The van der Waals surface area contributed by atoms with Crippen LogP contribution in [0.2, 0.25) is 0 Å². The molecule has 1 aromatic rings. The van der Waals surface area contributed by atoms with Gasteiger partial charge in [0.2, 0.25) is 0 Å². The minimum Gasteiger partial charge on any atom is -0.478 e. The average Bonchev–Trinajstić information content (AvgIpc) is 2.14. The fourth-order valence-corrected chi connectivity index (χ4v) is 2.02. The minimum absolute atomic E-state index is 0.284. The lowest BCUT2D eigenvalue weighted by molar-refractivity contribution is 0.0692. The van der Waals surface area contributed by atoms with E-state index < -0.39 is 11.6 Å². The number of carbonyl (C=O) groups is 1. The molecule has 0 fully saturated rings. The molecule has 0 saturated heterocycles.